The van der Waals surface area contributed by atoms with Gasteiger partial charge >= 0.3 is 6.09 Å². The predicted molar refractivity (Wildman–Crippen MR) is 142 cm³/mol. The molecule has 1 aromatic carbocycles. The van der Waals surface area contributed by atoms with Crippen molar-refractivity contribution in [2.45, 2.75) is 73.9 Å². The molecule has 1 aromatic rings. The second-order valence-corrected chi connectivity index (χ2v) is 12.5. The van der Waals surface area contributed by atoms with E-state index in [1.807, 2.05) is 6.08 Å². The fraction of sp³-hybridized carbons (Fsp3) is 0.520. The molecule has 4 unspecified atom stereocenters. The molecule has 1 saturated carbocycles. The number of hydrogen-bond acceptors (Lipinski definition) is 7. The summed E-state index contributed by atoms with van der Waals surface area (Å²) in [5.41, 5.74) is 3.66. The van der Waals surface area contributed by atoms with Gasteiger partial charge in [0.2, 0.25) is 5.91 Å². The Balaban J connectivity index is 1.60. The molecule has 0 bridgehead atoms. The Kier molecular flexibility index (Phi) is 8.77. The van der Waals surface area contributed by atoms with Crippen LogP contribution in [-0.4, -0.2) is 61.4 Å². The molecule has 0 radical (unpaired) electrons. The monoisotopic (exact) mass is 600 g/mol. The van der Waals surface area contributed by atoms with Crippen molar-refractivity contribution in [1.82, 2.24) is 14.9 Å². The van der Waals surface area contributed by atoms with Crippen molar-refractivity contribution in [2.75, 3.05) is 6.54 Å². The molecule has 11 nitrogen and oxygen atoms in total. The molecule has 0 spiro atoms. The van der Waals surface area contributed by atoms with Crippen LogP contribution in [0, 0.1) is 5.92 Å². The van der Waals surface area contributed by atoms with Gasteiger partial charge in [0.05, 0.1) is 4.90 Å². The zero-order valence-corrected chi connectivity index (χ0v) is 23.4. The van der Waals surface area contributed by atoms with Crippen molar-refractivity contribution < 1.29 is 32.3 Å². The summed E-state index contributed by atoms with van der Waals surface area (Å²) >= 11 is 11.9. The van der Waals surface area contributed by atoms with E-state index in [1.54, 1.807) is 6.08 Å². The van der Waals surface area contributed by atoms with E-state index >= 15 is 0 Å². The Morgan fingerprint density at radius 3 is 2.49 bits per heavy atom. The minimum absolute atomic E-state index is 0.0764. The largest absolute Gasteiger partial charge is 0.436 e. The number of nitrogens with one attached hydrogen (secondary N) is 2. The average Bonchev–Trinajstić information content (AvgIpc) is 3.31. The fourth-order valence-electron chi connectivity index (χ4n) is 5.13. The summed E-state index contributed by atoms with van der Waals surface area (Å²) in [6.45, 7) is 0.266. The van der Waals surface area contributed by atoms with Crippen molar-refractivity contribution in [2.24, 2.45) is 11.7 Å². The van der Waals surface area contributed by atoms with E-state index < -0.39 is 57.4 Å². The summed E-state index contributed by atoms with van der Waals surface area (Å²) in [6.07, 6.45) is 5.64. The smallest absolute Gasteiger partial charge is 0.405 e. The van der Waals surface area contributed by atoms with Crippen LogP contribution in [0.15, 0.2) is 35.2 Å². The summed E-state index contributed by atoms with van der Waals surface area (Å²) in [5.74, 6) is -2.47. The lowest BCUT2D eigenvalue weighted by molar-refractivity contribution is -0.146. The van der Waals surface area contributed by atoms with E-state index in [-0.39, 0.29) is 34.3 Å². The van der Waals surface area contributed by atoms with Gasteiger partial charge in [-0.15, -0.1) is 0 Å². The molecule has 1 saturated heterocycles. The van der Waals surface area contributed by atoms with E-state index in [1.165, 1.54) is 11.0 Å². The summed E-state index contributed by atoms with van der Waals surface area (Å²) in [4.78, 5) is 52.6. The van der Waals surface area contributed by atoms with Crippen molar-refractivity contribution in [3.63, 3.8) is 0 Å². The van der Waals surface area contributed by atoms with Crippen LogP contribution >= 0.6 is 23.2 Å². The highest BCUT2D eigenvalue weighted by atomic mass is 35.5. The van der Waals surface area contributed by atoms with Crippen LogP contribution in [0.2, 0.25) is 10.0 Å². The second kappa shape index (κ2) is 11.7. The summed E-state index contributed by atoms with van der Waals surface area (Å²) < 4.78 is 33.1. The minimum Gasteiger partial charge on any atom is -0.436 e. The third-order valence-electron chi connectivity index (χ3n) is 7.22. The van der Waals surface area contributed by atoms with Gasteiger partial charge in [0, 0.05) is 22.5 Å². The number of hydrogen-bond donors (Lipinski definition) is 3. The number of carbonyl (C=O) groups excluding carboxylic acids is 4. The molecule has 4 N–H and O–H groups in total. The van der Waals surface area contributed by atoms with Gasteiger partial charge in [-0.2, -0.15) is 0 Å². The van der Waals surface area contributed by atoms with E-state index in [0.29, 0.717) is 25.7 Å². The molecule has 2 aliphatic heterocycles. The maximum Gasteiger partial charge on any atom is 0.405 e. The average molecular weight is 602 g/mol. The molecule has 4 amide bonds. The predicted octanol–water partition coefficient (Wildman–Crippen LogP) is 2.65. The van der Waals surface area contributed by atoms with Gasteiger partial charge in [-0.05, 0) is 63.1 Å². The summed E-state index contributed by atoms with van der Waals surface area (Å²) in [5, 5.41) is 2.89. The number of rotatable bonds is 4. The zero-order valence-electron chi connectivity index (χ0n) is 21.0. The Hall–Kier alpha value is -2.83. The van der Waals surface area contributed by atoms with Gasteiger partial charge in [0.1, 0.15) is 11.6 Å². The van der Waals surface area contributed by atoms with Crippen LogP contribution in [0.25, 0.3) is 0 Å². The van der Waals surface area contributed by atoms with Gasteiger partial charge in [0.25, 0.3) is 21.8 Å². The van der Waals surface area contributed by atoms with Crippen LogP contribution in [0.1, 0.15) is 51.4 Å². The van der Waals surface area contributed by atoms with E-state index in [2.05, 4.69) is 10.0 Å². The third-order valence-corrected chi connectivity index (χ3v) is 8.96. The van der Waals surface area contributed by atoms with Crippen LogP contribution in [0.4, 0.5) is 4.79 Å². The number of primary amides is 1. The van der Waals surface area contributed by atoms with Crippen molar-refractivity contribution in [1.29, 1.82) is 0 Å². The number of carbonyl (C=O) groups is 4. The molecule has 2 fully saturated rings. The van der Waals surface area contributed by atoms with E-state index in [4.69, 9.17) is 33.7 Å². The quantitative estimate of drug-likeness (QED) is 0.447. The van der Waals surface area contributed by atoms with Crippen LogP contribution in [-0.2, 0) is 29.1 Å². The topological polar surface area (TPSA) is 165 Å². The van der Waals surface area contributed by atoms with Crippen LogP contribution in [0.5, 0.6) is 0 Å². The van der Waals surface area contributed by atoms with Crippen molar-refractivity contribution in [3.05, 3.63) is 40.4 Å². The number of sulfonamides is 1. The number of ether oxygens (including phenoxy) is 1. The third kappa shape index (κ3) is 6.67. The molecule has 4 rings (SSSR count). The normalized spacial score (nSPS) is 28.7. The van der Waals surface area contributed by atoms with Gasteiger partial charge in [-0.3, -0.25) is 14.4 Å². The first-order valence-corrected chi connectivity index (χ1v) is 15.0. The van der Waals surface area contributed by atoms with E-state index in [0.717, 1.165) is 25.0 Å². The molecule has 4 atom stereocenters. The number of halogens is 2. The first-order valence-electron chi connectivity index (χ1n) is 12.7. The fourth-order valence-corrected chi connectivity index (χ4v) is 6.89. The summed E-state index contributed by atoms with van der Waals surface area (Å²) in [7, 11) is -4.36. The lowest BCUT2D eigenvalue weighted by Crippen LogP contribution is -2.57. The minimum atomic E-state index is -4.36. The highest BCUT2D eigenvalue weighted by Gasteiger charge is 2.61. The van der Waals surface area contributed by atoms with Crippen molar-refractivity contribution >= 4 is 57.0 Å². The molecule has 14 heteroatoms. The number of fused-ring (bicyclic) bond motifs is 2. The van der Waals surface area contributed by atoms with Crippen molar-refractivity contribution in [3.8, 4) is 0 Å². The molecule has 0 aromatic heterocycles. The molecule has 39 heavy (non-hydrogen) atoms. The second-order valence-electron chi connectivity index (χ2n) is 9.99. The molecular weight excluding hydrogens is 571 g/mol. The highest BCUT2D eigenvalue weighted by Crippen LogP contribution is 2.46. The highest BCUT2D eigenvalue weighted by molar-refractivity contribution is 7.90. The molecular formula is C25H30Cl2N4O7S. The summed E-state index contributed by atoms with van der Waals surface area (Å²) in [6, 6.07) is 2.76. The maximum atomic E-state index is 13.5. The van der Waals surface area contributed by atoms with Crippen LogP contribution < -0.4 is 15.8 Å². The Bertz CT molecular complexity index is 1280. The van der Waals surface area contributed by atoms with Gasteiger partial charge in [-0.25, -0.2) is 17.9 Å². The van der Waals surface area contributed by atoms with E-state index in [9.17, 15) is 27.6 Å². The first kappa shape index (κ1) is 29.2. The standard InChI is InChI=1S/C25H30Cl2N4O7S/c26-16-11-17(27)13-18(12-16)39(36,37)30-23(34)25-14-15(25)7-4-2-1-3-5-9-20(38-24(28)35)22(33)31-10-6-8-19(31)21(32)29-25/h4,7,11-13,15,19-20H,1-3,5-6,8-10,14H2,(H2,28,35)(H,29,32)(H,30,34)/b7-4+. The lowest BCUT2D eigenvalue weighted by Gasteiger charge is -2.29. The Labute approximate surface area is 236 Å². The number of nitrogens with zero attached hydrogens (tertiary/aromatic N) is 1. The number of benzene rings is 1. The number of allylic oxidation sites excluding steroid dienone is 1. The zero-order chi connectivity index (χ0) is 28.4. The number of nitrogens with two attached hydrogens (primary N) is 1. The SMILES string of the molecule is NC(=O)OC1CCCCC/C=C/C2CC2(C(=O)NS(=O)(=O)c2cc(Cl)cc(Cl)c2)NC(=O)C2CCCN2C1=O. The molecule has 1 aliphatic carbocycles. The maximum absolute atomic E-state index is 13.5. The Morgan fingerprint density at radius 1 is 1.08 bits per heavy atom. The molecule has 3 aliphatic rings. The van der Waals surface area contributed by atoms with Gasteiger partial charge in [0.15, 0.2) is 6.10 Å². The molecule has 212 valence electrons. The van der Waals surface area contributed by atoms with Crippen LogP contribution in [0.3, 0.4) is 0 Å². The first-order chi connectivity index (χ1) is 18.4. The molecule has 2 heterocycles. The lowest BCUT2D eigenvalue weighted by atomic mass is 10.1. The number of amides is 4. The van der Waals surface area contributed by atoms with Gasteiger partial charge < -0.3 is 20.7 Å². The van der Waals surface area contributed by atoms with Gasteiger partial charge in [-0.1, -0.05) is 41.8 Å². The Morgan fingerprint density at radius 2 is 1.79 bits per heavy atom.